The highest BCUT2D eigenvalue weighted by molar-refractivity contribution is 7.93. The fourth-order valence-corrected chi connectivity index (χ4v) is 4.80. The summed E-state index contributed by atoms with van der Waals surface area (Å²) >= 11 is 0. The summed E-state index contributed by atoms with van der Waals surface area (Å²) in [4.78, 5) is 24.8. The minimum Gasteiger partial charge on any atom is -0.326 e. The minimum absolute atomic E-state index is 0.0440. The van der Waals surface area contributed by atoms with Gasteiger partial charge in [0.25, 0.3) is 0 Å². The van der Waals surface area contributed by atoms with Crippen molar-refractivity contribution in [1.29, 1.82) is 0 Å². The lowest BCUT2D eigenvalue weighted by atomic mass is 10.1. The summed E-state index contributed by atoms with van der Waals surface area (Å²) in [5.41, 5.74) is 2.77. The van der Waals surface area contributed by atoms with Crippen LogP contribution in [-0.2, 0) is 25.8 Å². The Bertz CT molecular complexity index is 983. The molecule has 0 bridgehead atoms. The number of hydrogen-bond donors (Lipinski definition) is 2. The lowest BCUT2D eigenvalue weighted by Crippen LogP contribution is -2.42. The fourth-order valence-electron chi connectivity index (χ4n) is 3.09. The zero-order valence-corrected chi connectivity index (χ0v) is 15.4. The molecular formula is C19H20N2O4S. The maximum atomic E-state index is 12.8. The molecule has 0 saturated carbocycles. The van der Waals surface area contributed by atoms with Crippen molar-refractivity contribution < 1.29 is 18.0 Å². The molecular weight excluding hydrogens is 352 g/mol. The third kappa shape index (κ3) is 3.22. The van der Waals surface area contributed by atoms with Crippen LogP contribution < -0.4 is 10.6 Å². The van der Waals surface area contributed by atoms with Crippen LogP contribution in [0.5, 0.6) is 0 Å². The number of anilines is 2. The van der Waals surface area contributed by atoms with Crippen molar-refractivity contribution in [3.8, 4) is 0 Å². The largest absolute Gasteiger partial charge is 0.326 e. The van der Waals surface area contributed by atoms with Crippen LogP contribution in [0.25, 0.3) is 0 Å². The molecule has 26 heavy (non-hydrogen) atoms. The number of benzene rings is 2. The van der Waals surface area contributed by atoms with Gasteiger partial charge in [-0.1, -0.05) is 37.3 Å². The van der Waals surface area contributed by atoms with Gasteiger partial charge in [0.1, 0.15) is 0 Å². The number of rotatable bonds is 4. The second-order valence-corrected chi connectivity index (χ2v) is 8.33. The van der Waals surface area contributed by atoms with E-state index < -0.39 is 33.3 Å². The molecule has 2 N–H and O–H groups in total. The van der Waals surface area contributed by atoms with Crippen LogP contribution in [0.1, 0.15) is 24.5 Å². The Morgan fingerprint density at radius 2 is 1.88 bits per heavy atom. The number of carbonyl (C=O) groups excluding carboxylic acids is 2. The molecule has 6 nitrogen and oxygen atoms in total. The van der Waals surface area contributed by atoms with E-state index in [9.17, 15) is 18.0 Å². The second kappa shape index (κ2) is 6.92. The molecule has 136 valence electrons. The van der Waals surface area contributed by atoms with E-state index in [0.29, 0.717) is 5.69 Å². The number of carbonyl (C=O) groups is 2. The van der Waals surface area contributed by atoms with Crippen LogP contribution in [0.4, 0.5) is 11.4 Å². The van der Waals surface area contributed by atoms with Gasteiger partial charge < -0.3 is 10.6 Å². The summed E-state index contributed by atoms with van der Waals surface area (Å²) in [7, 11) is -3.92. The highest BCUT2D eigenvalue weighted by atomic mass is 32.2. The zero-order valence-electron chi connectivity index (χ0n) is 14.6. The van der Waals surface area contributed by atoms with Gasteiger partial charge in [0.15, 0.2) is 15.1 Å². The maximum Gasteiger partial charge on any atom is 0.243 e. The summed E-state index contributed by atoms with van der Waals surface area (Å²) in [5, 5.41) is 3.91. The van der Waals surface area contributed by atoms with Gasteiger partial charge in [-0.2, -0.15) is 0 Å². The Morgan fingerprint density at radius 3 is 2.62 bits per heavy atom. The van der Waals surface area contributed by atoms with Crippen molar-refractivity contribution in [3.63, 3.8) is 0 Å². The van der Waals surface area contributed by atoms with Crippen molar-refractivity contribution >= 4 is 33.0 Å². The third-order valence-electron chi connectivity index (χ3n) is 4.49. The number of aryl methyl sites for hydroxylation is 2. The first-order chi connectivity index (χ1) is 12.3. The molecule has 2 aromatic rings. The normalized spacial score (nSPS) is 17.9. The van der Waals surface area contributed by atoms with E-state index in [1.807, 2.05) is 32.0 Å². The van der Waals surface area contributed by atoms with Crippen molar-refractivity contribution in [2.45, 2.75) is 36.8 Å². The number of nitrogens with one attached hydrogen (secondary N) is 2. The van der Waals surface area contributed by atoms with E-state index in [0.717, 1.165) is 17.5 Å². The van der Waals surface area contributed by atoms with Crippen LogP contribution >= 0.6 is 0 Å². The highest BCUT2D eigenvalue weighted by Crippen LogP contribution is 2.31. The molecule has 0 spiro atoms. The van der Waals surface area contributed by atoms with Crippen molar-refractivity contribution in [3.05, 3.63) is 53.6 Å². The van der Waals surface area contributed by atoms with Crippen molar-refractivity contribution in [2.75, 3.05) is 10.6 Å². The van der Waals surface area contributed by atoms with Gasteiger partial charge in [0.2, 0.25) is 11.8 Å². The molecule has 1 aliphatic heterocycles. The Morgan fingerprint density at radius 1 is 1.15 bits per heavy atom. The summed E-state index contributed by atoms with van der Waals surface area (Å²) in [6.07, 6.45) is 0.298. The topological polar surface area (TPSA) is 92.3 Å². The number of para-hydroxylation sites is 2. The minimum atomic E-state index is -3.92. The second-order valence-electron chi connectivity index (χ2n) is 6.23. The average Bonchev–Trinajstić information content (AvgIpc) is 2.60. The first kappa shape index (κ1) is 18.1. The smallest absolute Gasteiger partial charge is 0.243 e. The van der Waals surface area contributed by atoms with Crippen LogP contribution in [0.15, 0.2) is 47.4 Å². The fraction of sp³-hybridized carbons (Fsp3) is 0.263. The quantitative estimate of drug-likeness (QED) is 0.863. The summed E-state index contributed by atoms with van der Waals surface area (Å²) in [6.45, 7) is 3.84. The van der Waals surface area contributed by atoms with Gasteiger partial charge in [-0.05, 0) is 36.6 Å². The van der Waals surface area contributed by atoms with E-state index in [1.165, 1.54) is 12.1 Å². The average molecular weight is 372 g/mol. The van der Waals surface area contributed by atoms with Crippen LogP contribution in [-0.4, -0.2) is 25.5 Å². The standard InChI is InChI=1S/C19H20N2O4S/c1-3-13-8-6-7-12(2)18(13)21-17(22)11-16-19(23)20-14-9-4-5-10-15(14)26(16,24)25/h4-10,16H,3,11H2,1-2H3,(H,20,23)(H,21,22)/t16-/m0/s1. The monoisotopic (exact) mass is 372 g/mol. The summed E-state index contributed by atoms with van der Waals surface area (Å²) in [5.74, 6) is -1.18. The Hall–Kier alpha value is -2.67. The summed E-state index contributed by atoms with van der Waals surface area (Å²) < 4.78 is 25.5. The van der Waals surface area contributed by atoms with Gasteiger partial charge in [0.05, 0.1) is 17.0 Å². The Kier molecular flexibility index (Phi) is 4.82. The SMILES string of the molecule is CCc1cccc(C)c1NC(=O)C[C@H]1C(=O)Nc2ccccc2S1(=O)=O. The molecule has 2 aromatic carbocycles. The zero-order chi connectivity index (χ0) is 18.9. The van der Waals surface area contributed by atoms with E-state index >= 15 is 0 Å². The predicted molar refractivity (Wildman–Crippen MR) is 99.8 cm³/mol. The molecule has 1 heterocycles. The molecule has 7 heteroatoms. The summed E-state index contributed by atoms with van der Waals surface area (Å²) in [6, 6.07) is 11.9. The molecule has 0 radical (unpaired) electrons. The number of fused-ring (bicyclic) bond motifs is 1. The van der Waals surface area contributed by atoms with E-state index in [4.69, 9.17) is 0 Å². The van der Waals surface area contributed by atoms with E-state index in [2.05, 4.69) is 10.6 Å². The third-order valence-corrected chi connectivity index (χ3v) is 6.59. The molecule has 0 aromatic heterocycles. The molecule has 3 rings (SSSR count). The molecule has 1 atom stereocenters. The Labute approximate surface area is 152 Å². The van der Waals surface area contributed by atoms with Gasteiger partial charge in [-0.25, -0.2) is 8.42 Å². The van der Waals surface area contributed by atoms with Gasteiger partial charge in [-0.15, -0.1) is 0 Å². The predicted octanol–water partition coefficient (Wildman–Crippen LogP) is 2.68. The van der Waals surface area contributed by atoms with Crippen LogP contribution in [0.2, 0.25) is 0 Å². The van der Waals surface area contributed by atoms with Crippen LogP contribution in [0, 0.1) is 6.92 Å². The maximum absolute atomic E-state index is 12.8. The molecule has 0 aliphatic carbocycles. The highest BCUT2D eigenvalue weighted by Gasteiger charge is 2.41. The first-order valence-electron chi connectivity index (χ1n) is 8.36. The molecule has 0 unspecified atom stereocenters. The first-order valence-corrected chi connectivity index (χ1v) is 9.91. The Balaban J connectivity index is 1.85. The van der Waals surface area contributed by atoms with E-state index in [-0.39, 0.29) is 10.6 Å². The molecule has 1 aliphatic rings. The number of amides is 2. The molecule has 2 amide bonds. The lowest BCUT2D eigenvalue weighted by Gasteiger charge is -2.24. The van der Waals surface area contributed by atoms with Crippen molar-refractivity contribution in [2.24, 2.45) is 0 Å². The van der Waals surface area contributed by atoms with Gasteiger partial charge in [0, 0.05) is 5.69 Å². The van der Waals surface area contributed by atoms with Gasteiger partial charge >= 0.3 is 0 Å². The molecule has 0 saturated heterocycles. The molecule has 0 fully saturated rings. The van der Waals surface area contributed by atoms with Crippen LogP contribution in [0.3, 0.4) is 0 Å². The van der Waals surface area contributed by atoms with E-state index in [1.54, 1.807) is 12.1 Å². The number of hydrogen-bond acceptors (Lipinski definition) is 4. The number of sulfone groups is 1. The lowest BCUT2D eigenvalue weighted by molar-refractivity contribution is -0.121. The van der Waals surface area contributed by atoms with Crippen molar-refractivity contribution in [1.82, 2.24) is 0 Å². The van der Waals surface area contributed by atoms with Gasteiger partial charge in [-0.3, -0.25) is 9.59 Å².